The van der Waals surface area contributed by atoms with Crippen LogP contribution < -0.4 is 5.32 Å². The van der Waals surface area contributed by atoms with E-state index in [1.807, 2.05) is 20.0 Å². The third-order valence-corrected chi connectivity index (χ3v) is 4.18. The Morgan fingerprint density at radius 2 is 2.50 bits per heavy atom. The summed E-state index contributed by atoms with van der Waals surface area (Å²) in [6.07, 6.45) is 0.813. The molecule has 18 heavy (non-hydrogen) atoms. The van der Waals surface area contributed by atoms with Crippen molar-refractivity contribution in [2.45, 2.75) is 25.4 Å². The summed E-state index contributed by atoms with van der Waals surface area (Å²) in [7, 11) is 2.04. The molecule has 5 heteroatoms. The van der Waals surface area contributed by atoms with Crippen molar-refractivity contribution in [1.82, 2.24) is 10.2 Å². The first kappa shape index (κ1) is 13.5. The lowest BCUT2D eigenvalue weighted by Crippen LogP contribution is -2.54. The lowest BCUT2D eigenvalue weighted by atomic mass is 9.98. The zero-order chi connectivity index (χ0) is 13.0. The number of rotatable bonds is 5. The van der Waals surface area contributed by atoms with Crippen molar-refractivity contribution >= 4 is 17.3 Å². The second-order valence-corrected chi connectivity index (χ2v) is 5.76. The Bertz CT molecular complexity index is 394. The lowest BCUT2D eigenvalue weighted by molar-refractivity contribution is -0.150. The molecule has 2 heterocycles. The Morgan fingerprint density at radius 1 is 1.67 bits per heavy atom. The third kappa shape index (κ3) is 2.91. The van der Waals surface area contributed by atoms with E-state index >= 15 is 0 Å². The van der Waals surface area contributed by atoms with Gasteiger partial charge in [-0.25, -0.2) is 4.79 Å². The number of carbonyl (C=O) groups is 1. The standard InChI is InChI=1S/C13H20N2O2S/c1-3-17-12(16)13(6-7-15(2)10-13)14-9-11-5-4-8-18-11/h4-5,8,14H,3,6-7,9-10H2,1-2H3. The number of nitrogens with one attached hydrogen (secondary N) is 1. The first-order valence-corrected chi connectivity index (χ1v) is 7.17. The number of likely N-dealkylation sites (tertiary alicyclic amines) is 1. The van der Waals surface area contributed by atoms with Gasteiger partial charge in [0.2, 0.25) is 0 Å². The molecule has 1 aromatic heterocycles. The molecule has 0 aliphatic carbocycles. The molecule has 1 aliphatic heterocycles. The number of carbonyl (C=O) groups excluding carboxylic acids is 1. The van der Waals surface area contributed by atoms with Crippen LogP contribution in [0.3, 0.4) is 0 Å². The minimum Gasteiger partial charge on any atom is -0.465 e. The maximum atomic E-state index is 12.2. The molecule has 0 saturated carbocycles. The van der Waals surface area contributed by atoms with Gasteiger partial charge in [-0.3, -0.25) is 5.32 Å². The van der Waals surface area contributed by atoms with E-state index in [9.17, 15) is 4.79 Å². The highest BCUT2D eigenvalue weighted by Crippen LogP contribution is 2.23. The maximum absolute atomic E-state index is 12.2. The minimum atomic E-state index is -0.533. The van der Waals surface area contributed by atoms with E-state index in [4.69, 9.17) is 4.74 Å². The van der Waals surface area contributed by atoms with Crippen LogP contribution in [-0.2, 0) is 16.1 Å². The second-order valence-electron chi connectivity index (χ2n) is 4.72. The molecule has 0 bridgehead atoms. The highest BCUT2D eigenvalue weighted by molar-refractivity contribution is 7.09. The molecule has 1 unspecified atom stereocenters. The Labute approximate surface area is 112 Å². The minimum absolute atomic E-state index is 0.120. The number of thiophene rings is 1. The summed E-state index contributed by atoms with van der Waals surface area (Å²) < 4.78 is 5.22. The Balaban J connectivity index is 2.03. The zero-order valence-corrected chi connectivity index (χ0v) is 11.8. The van der Waals surface area contributed by atoms with Gasteiger partial charge in [-0.15, -0.1) is 11.3 Å². The van der Waals surface area contributed by atoms with Gasteiger partial charge in [0.1, 0.15) is 5.54 Å². The van der Waals surface area contributed by atoms with Crippen molar-refractivity contribution < 1.29 is 9.53 Å². The largest absolute Gasteiger partial charge is 0.465 e. The van der Waals surface area contributed by atoms with Gasteiger partial charge in [0.05, 0.1) is 6.61 Å². The van der Waals surface area contributed by atoms with Crippen LogP contribution in [0.4, 0.5) is 0 Å². The SMILES string of the molecule is CCOC(=O)C1(NCc2cccs2)CCN(C)C1. The van der Waals surface area contributed by atoms with E-state index in [1.165, 1.54) is 4.88 Å². The Morgan fingerprint density at radius 3 is 3.06 bits per heavy atom. The molecule has 2 rings (SSSR count). The Kier molecular flexibility index (Phi) is 4.37. The molecule has 100 valence electrons. The molecule has 0 aromatic carbocycles. The molecule has 1 atom stereocenters. The highest BCUT2D eigenvalue weighted by Gasteiger charge is 2.44. The smallest absolute Gasteiger partial charge is 0.327 e. The molecular weight excluding hydrogens is 248 g/mol. The molecule has 1 N–H and O–H groups in total. The van der Waals surface area contributed by atoms with Gasteiger partial charge < -0.3 is 9.64 Å². The summed E-state index contributed by atoms with van der Waals surface area (Å²) in [5, 5.41) is 5.46. The molecule has 1 fully saturated rings. The molecule has 0 radical (unpaired) electrons. The maximum Gasteiger partial charge on any atom is 0.327 e. The topological polar surface area (TPSA) is 41.6 Å². The average molecular weight is 268 g/mol. The molecule has 0 amide bonds. The number of esters is 1. The number of nitrogens with zero attached hydrogens (tertiary/aromatic N) is 1. The first-order chi connectivity index (χ1) is 8.66. The van der Waals surface area contributed by atoms with Gasteiger partial charge in [-0.2, -0.15) is 0 Å². The molecular formula is C13H20N2O2S. The summed E-state index contributed by atoms with van der Waals surface area (Å²) in [4.78, 5) is 15.6. The van der Waals surface area contributed by atoms with Gasteiger partial charge >= 0.3 is 5.97 Å². The quantitative estimate of drug-likeness (QED) is 0.821. The molecule has 1 aromatic rings. The average Bonchev–Trinajstić information content (AvgIpc) is 2.97. The molecule has 0 spiro atoms. The van der Waals surface area contributed by atoms with E-state index in [2.05, 4.69) is 21.7 Å². The van der Waals surface area contributed by atoms with E-state index in [0.29, 0.717) is 6.61 Å². The van der Waals surface area contributed by atoms with Crippen LogP contribution in [0.25, 0.3) is 0 Å². The van der Waals surface area contributed by atoms with Crippen LogP contribution in [0.2, 0.25) is 0 Å². The lowest BCUT2D eigenvalue weighted by Gasteiger charge is -2.27. The molecule has 1 aliphatic rings. The monoisotopic (exact) mass is 268 g/mol. The normalized spacial score (nSPS) is 24.3. The van der Waals surface area contributed by atoms with Crippen molar-refractivity contribution in [2.24, 2.45) is 0 Å². The van der Waals surface area contributed by atoms with Gasteiger partial charge in [-0.05, 0) is 31.8 Å². The van der Waals surface area contributed by atoms with E-state index < -0.39 is 5.54 Å². The predicted octanol–water partition coefficient (Wildman–Crippen LogP) is 1.48. The fourth-order valence-electron chi connectivity index (χ4n) is 2.32. The van der Waals surface area contributed by atoms with Crippen LogP contribution in [-0.4, -0.2) is 43.2 Å². The summed E-state index contributed by atoms with van der Waals surface area (Å²) in [6.45, 7) is 4.66. The van der Waals surface area contributed by atoms with Gasteiger partial charge in [-0.1, -0.05) is 6.07 Å². The molecule has 1 saturated heterocycles. The number of likely N-dealkylation sites (N-methyl/N-ethyl adjacent to an activating group) is 1. The number of hydrogen-bond acceptors (Lipinski definition) is 5. The number of hydrogen-bond donors (Lipinski definition) is 1. The van der Waals surface area contributed by atoms with Crippen LogP contribution in [0.15, 0.2) is 17.5 Å². The summed E-state index contributed by atoms with van der Waals surface area (Å²) in [6, 6.07) is 4.11. The predicted molar refractivity (Wildman–Crippen MR) is 72.6 cm³/mol. The van der Waals surface area contributed by atoms with Crippen molar-refractivity contribution in [2.75, 3.05) is 26.7 Å². The summed E-state index contributed by atoms with van der Waals surface area (Å²) in [5.41, 5.74) is -0.533. The van der Waals surface area contributed by atoms with Gasteiger partial charge in [0, 0.05) is 24.5 Å². The van der Waals surface area contributed by atoms with Crippen LogP contribution >= 0.6 is 11.3 Å². The van der Waals surface area contributed by atoms with E-state index in [1.54, 1.807) is 11.3 Å². The van der Waals surface area contributed by atoms with Crippen molar-refractivity contribution in [3.05, 3.63) is 22.4 Å². The number of ether oxygens (including phenoxy) is 1. The fraction of sp³-hybridized carbons (Fsp3) is 0.615. The van der Waals surface area contributed by atoms with Crippen LogP contribution in [0, 0.1) is 0 Å². The van der Waals surface area contributed by atoms with Crippen molar-refractivity contribution in [3.63, 3.8) is 0 Å². The van der Waals surface area contributed by atoms with Crippen LogP contribution in [0.5, 0.6) is 0 Å². The van der Waals surface area contributed by atoms with Gasteiger partial charge in [0.25, 0.3) is 0 Å². The van der Waals surface area contributed by atoms with Crippen molar-refractivity contribution in [3.8, 4) is 0 Å². The first-order valence-electron chi connectivity index (χ1n) is 6.29. The Hall–Kier alpha value is -0.910. The van der Waals surface area contributed by atoms with Crippen LogP contribution in [0.1, 0.15) is 18.2 Å². The van der Waals surface area contributed by atoms with E-state index in [-0.39, 0.29) is 5.97 Å². The zero-order valence-electron chi connectivity index (χ0n) is 10.9. The summed E-state index contributed by atoms with van der Waals surface area (Å²) in [5.74, 6) is -0.120. The fourth-order valence-corrected chi connectivity index (χ4v) is 2.97. The third-order valence-electron chi connectivity index (χ3n) is 3.31. The summed E-state index contributed by atoms with van der Waals surface area (Å²) >= 11 is 1.70. The van der Waals surface area contributed by atoms with Crippen molar-refractivity contribution in [1.29, 1.82) is 0 Å². The van der Waals surface area contributed by atoms with Gasteiger partial charge in [0.15, 0.2) is 0 Å². The van der Waals surface area contributed by atoms with E-state index in [0.717, 1.165) is 26.1 Å². The molecule has 4 nitrogen and oxygen atoms in total. The second kappa shape index (κ2) is 5.82. The highest BCUT2D eigenvalue weighted by atomic mass is 32.1.